The summed E-state index contributed by atoms with van der Waals surface area (Å²) in [6, 6.07) is 54.1. The van der Waals surface area contributed by atoms with Gasteiger partial charge in [-0.1, -0.05) is 166 Å². The average Bonchev–Trinajstić information content (AvgIpc) is 1.65. The van der Waals surface area contributed by atoms with E-state index in [-0.39, 0.29) is 48.6 Å². The Labute approximate surface area is 501 Å². The maximum atomic E-state index is 13.1. The number of hydrogen-bond donors (Lipinski definition) is 1. The number of sulfonamides is 1. The first-order valence-electron chi connectivity index (χ1n) is 31.1. The minimum atomic E-state index is -3.45. The van der Waals surface area contributed by atoms with Crippen molar-refractivity contribution in [2.24, 2.45) is 35.0 Å². The van der Waals surface area contributed by atoms with Gasteiger partial charge in [0.2, 0.25) is 0 Å². The molecule has 2 saturated heterocycles. The zero-order valence-electron chi connectivity index (χ0n) is 49.2. The normalized spacial score (nSPS) is 25.0. The fourth-order valence-corrected chi connectivity index (χ4v) is 17.4. The number of aliphatic hydroxyl groups is 1. The highest BCUT2D eigenvalue weighted by Crippen LogP contribution is 2.61. The minimum Gasteiger partial charge on any atom is -0.465 e. The number of anilines is 1. The Balaban J connectivity index is 0.000000143. The highest BCUT2D eigenvalue weighted by molar-refractivity contribution is 7.93. The third kappa shape index (κ3) is 13.8. The third-order valence-corrected chi connectivity index (χ3v) is 21.4. The van der Waals surface area contributed by atoms with Crippen molar-refractivity contribution >= 4 is 43.8 Å². The number of carbonyl (C=O) groups is 2. The molecule has 3 aliphatic heterocycles. The summed E-state index contributed by atoms with van der Waals surface area (Å²) in [7, 11) is -1.32. The van der Waals surface area contributed by atoms with E-state index in [0.29, 0.717) is 30.6 Å². The van der Waals surface area contributed by atoms with Gasteiger partial charge in [-0.15, -0.1) is 0 Å². The van der Waals surface area contributed by atoms with Crippen LogP contribution < -0.4 is 4.31 Å². The van der Waals surface area contributed by atoms with Crippen LogP contribution in [0.5, 0.6) is 0 Å². The molecule has 11 nitrogen and oxygen atoms in total. The number of ether oxygens (including phenoxy) is 1. The quantitative estimate of drug-likeness (QED) is 0.0621. The molecule has 6 fully saturated rings. The van der Waals surface area contributed by atoms with Gasteiger partial charge in [0.15, 0.2) is 5.78 Å². The van der Waals surface area contributed by atoms with Crippen LogP contribution in [0.4, 0.5) is 5.69 Å². The van der Waals surface area contributed by atoms with E-state index in [1.165, 1.54) is 55.2 Å². The van der Waals surface area contributed by atoms with Crippen molar-refractivity contribution in [3.63, 3.8) is 0 Å². The number of aliphatic hydroxyl groups excluding tert-OH is 1. The lowest BCUT2D eigenvalue weighted by molar-refractivity contribution is -0.148. The second-order valence-corrected chi connectivity index (χ2v) is 27.0. The summed E-state index contributed by atoms with van der Waals surface area (Å²) < 4.78 is 32.9. The van der Waals surface area contributed by atoms with Crippen LogP contribution in [0.25, 0.3) is 16.3 Å². The van der Waals surface area contributed by atoms with Crippen molar-refractivity contribution in [2.45, 2.75) is 115 Å². The van der Waals surface area contributed by atoms with Crippen LogP contribution in [0.3, 0.4) is 0 Å². The summed E-state index contributed by atoms with van der Waals surface area (Å²) >= 11 is 0. The summed E-state index contributed by atoms with van der Waals surface area (Å²) in [5.74, 6) is 2.78. The molecule has 12 heteroatoms. The Hall–Kier alpha value is -5.99. The standard InChI is InChI=1S/C28H38N2O3S.C25H28N2.C18H21NO3.CH4/c1-29(19-26(31)28-16-20-13-21(17-28)15-22(14-20)18-28)11-3-2-4-12-30-24-9-5-7-23-8-6-10-25(27(23)24)34(30,32)33;1-4-10-22(11-5-1)20-25(24-14-8-3-9-15-24)27-18-16-26(17-19-27)21-23-12-6-2-7-13-23;1-3-22-18(21)12(2)19-10-14-9-15(17(20)16(14)11-19)13-7-5-4-6-8-13;/h5-10,20-22,26,31H,2-4,11-19H2,1H3;1-15,25H,16-21H2;4-9,12,14,16H,3,10-11H2,1-2H3;1H4/t;25-;12-,14+,16-;/m.10./s1. The Morgan fingerprint density at radius 2 is 1.31 bits per heavy atom. The number of allylic oxidation sites excluding steroid dienone is 1. The number of likely N-dealkylation sites (N-methyl/N-ethyl adjacent to an activating group) is 1. The van der Waals surface area contributed by atoms with E-state index >= 15 is 0 Å². The number of Topliss-reactive ketones (excluding diaryl/α,β-unsaturated/α-hetero) is 1. The number of unbranched alkanes of at least 4 members (excludes halogenated alkanes) is 2. The van der Waals surface area contributed by atoms with Crippen molar-refractivity contribution < 1.29 is 27.9 Å². The average molecular weight is 1150 g/mol. The molecule has 4 saturated carbocycles. The number of likely N-dealkylation sites (tertiary alicyclic amines) is 1. The number of esters is 1. The maximum Gasteiger partial charge on any atom is 0.323 e. The van der Waals surface area contributed by atoms with Gasteiger partial charge in [0.25, 0.3) is 10.0 Å². The van der Waals surface area contributed by atoms with Gasteiger partial charge in [-0.25, -0.2) is 8.42 Å². The number of nitrogens with zero attached hydrogens (tertiary/aromatic N) is 5. The first kappa shape index (κ1) is 61.1. The van der Waals surface area contributed by atoms with E-state index in [0.717, 1.165) is 123 Å². The van der Waals surface area contributed by atoms with E-state index in [1.54, 1.807) is 10.4 Å². The van der Waals surface area contributed by atoms with Crippen LogP contribution >= 0.6 is 0 Å². The lowest BCUT2D eigenvalue weighted by atomic mass is 9.48. The fourth-order valence-electron chi connectivity index (χ4n) is 15.6. The van der Waals surface area contributed by atoms with Crippen LogP contribution in [0.1, 0.15) is 107 Å². The lowest BCUT2D eigenvalue weighted by Crippen LogP contribution is -2.54. The Kier molecular flexibility index (Phi) is 20.1. The zero-order chi connectivity index (χ0) is 57.5. The molecule has 84 heavy (non-hydrogen) atoms. The summed E-state index contributed by atoms with van der Waals surface area (Å²) in [4.78, 5) is 34.5. The predicted molar refractivity (Wildman–Crippen MR) is 340 cm³/mol. The molecule has 3 heterocycles. The summed E-state index contributed by atoms with van der Waals surface area (Å²) in [6.45, 7) is 13.2. The van der Waals surface area contributed by atoms with E-state index in [9.17, 15) is 23.1 Å². The number of piperazine rings is 1. The molecular weight excluding hydrogens is 1060 g/mol. The smallest absolute Gasteiger partial charge is 0.323 e. The maximum absolute atomic E-state index is 13.1. The van der Waals surface area contributed by atoms with Crippen molar-refractivity contribution in [2.75, 3.05) is 76.9 Å². The van der Waals surface area contributed by atoms with Crippen LogP contribution in [-0.4, -0.2) is 130 Å². The van der Waals surface area contributed by atoms with Gasteiger partial charge >= 0.3 is 5.97 Å². The molecule has 14 rings (SSSR count). The van der Waals surface area contributed by atoms with Crippen molar-refractivity contribution in [3.8, 4) is 0 Å². The molecule has 446 valence electrons. The largest absolute Gasteiger partial charge is 0.465 e. The molecule has 6 aromatic rings. The molecule has 8 aliphatic rings. The number of hydrogen-bond acceptors (Lipinski definition) is 10. The van der Waals surface area contributed by atoms with E-state index in [2.05, 4.69) is 124 Å². The van der Waals surface area contributed by atoms with Crippen molar-refractivity contribution in [1.29, 1.82) is 0 Å². The Morgan fingerprint density at radius 1 is 0.714 bits per heavy atom. The number of benzene rings is 6. The minimum absolute atomic E-state index is 0. The number of carbonyl (C=O) groups excluding carboxylic acids is 2. The second-order valence-electron chi connectivity index (χ2n) is 25.2. The molecular formula is C72H91N5O6S. The number of rotatable bonds is 19. The number of fused-ring (bicyclic) bond motifs is 1. The van der Waals surface area contributed by atoms with Gasteiger partial charge in [0.05, 0.1) is 23.3 Å². The molecule has 0 radical (unpaired) electrons. The van der Waals surface area contributed by atoms with Gasteiger partial charge < -0.3 is 14.7 Å². The highest BCUT2D eigenvalue weighted by atomic mass is 32.2. The molecule has 0 aromatic heterocycles. The monoisotopic (exact) mass is 1150 g/mol. The topological polar surface area (TPSA) is 114 Å². The molecule has 6 aromatic carbocycles. The van der Waals surface area contributed by atoms with E-state index in [4.69, 9.17) is 4.74 Å². The first-order valence-corrected chi connectivity index (χ1v) is 32.5. The molecule has 1 N–H and O–H groups in total. The van der Waals surface area contributed by atoms with Gasteiger partial charge in [-0.2, -0.15) is 0 Å². The first-order chi connectivity index (χ1) is 40.4. The van der Waals surface area contributed by atoms with Crippen LogP contribution in [0, 0.1) is 35.0 Å². The Bertz CT molecular complexity index is 3220. The summed E-state index contributed by atoms with van der Waals surface area (Å²) in [5, 5.41) is 13.1. The zero-order valence-corrected chi connectivity index (χ0v) is 50.0. The molecule has 5 aliphatic carbocycles. The van der Waals surface area contributed by atoms with Gasteiger partial charge in [-0.05, 0) is 148 Å². The second kappa shape index (κ2) is 27.6. The predicted octanol–water partition coefficient (Wildman–Crippen LogP) is 12.6. The third-order valence-electron chi connectivity index (χ3n) is 19.5. The van der Waals surface area contributed by atoms with Crippen molar-refractivity contribution in [1.82, 2.24) is 19.6 Å². The molecule has 0 spiro atoms. The van der Waals surface area contributed by atoms with Crippen LogP contribution in [-0.2, 0) is 37.3 Å². The fraction of sp³-hybridized carbons (Fsp3) is 0.472. The molecule has 4 bridgehead atoms. The molecule has 0 amide bonds. The molecule has 5 atom stereocenters. The highest BCUT2D eigenvalue weighted by Gasteiger charge is 2.54. The van der Waals surface area contributed by atoms with Crippen LogP contribution in [0.15, 0.2) is 169 Å². The lowest BCUT2D eigenvalue weighted by Gasteiger charge is -2.58. The summed E-state index contributed by atoms with van der Waals surface area (Å²) in [5.41, 5.74) is 7.09. The van der Waals surface area contributed by atoms with E-state index < -0.39 is 10.0 Å². The summed E-state index contributed by atoms with van der Waals surface area (Å²) in [6.07, 6.45) is 13.8. The van der Waals surface area contributed by atoms with E-state index in [1.807, 2.05) is 74.5 Å². The van der Waals surface area contributed by atoms with Gasteiger partial charge in [0, 0.05) is 87.7 Å². The molecule has 1 unspecified atom stereocenters. The van der Waals surface area contributed by atoms with Gasteiger partial charge in [0.1, 0.15) is 6.04 Å². The van der Waals surface area contributed by atoms with Crippen molar-refractivity contribution in [3.05, 3.63) is 186 Å². The Morgan fingerprint density at radius 3 is 1.93 bits per heavy atom. The van der Waals surface area contributed by atoms with Crippen LogP contribution in [0.2, 0.25) is 0 Å². The van der Waals surface area contributed by atoms with Gasteiger partial charge in [-0.3, -0.25) is 28.6 Å². The SMILES string of the molecule is C.CCOC(=O)[C@H](C)N1C[C@H]2C=C(c3ccccc3)C(=O)[C@H]2C1.CN(CCCCCN1c2cccc3cccc(c23)S1(=O)=O)CC(O)C12CC3CC(CC(C3)C1)C2.c1ccc(C[C@H](c2ccccc2)N2CCN(Cc3ccccc3)CC2)cc1. The number of ketones is 1.